The first-order valence-electron chi connectivity index (χ1n) is 5.39. The number of hydrogen-bond acceptors (Lipinski definition) is 4. The van der Waals surface area contributed by atoms with Gasteiger partial charge in [-0.25, -0.2) is 9.97 Å². The lowest BCUT2D eigenvalue weighted by Crippen LogP contribution is -2.30. The highest BCUT2D eigenvalue weighted by atomic mass is 35.5. The Bertz CT molecular complexity index is 350. The van der Waals surface area contributed by atoms with E-state index in [2.05, 4.69) is 22.2 Å². The zero-order valence-electron chi connectivity index (χ0n) is 9.92. The largest absolute Gasteiger partial charge is 0.389 e. The van der Waals surface area contributed by atoms with Crippen LogP contribution < -0.4 is 5.32 Å². The maximum Gasteiger partial charge on any atom is 0.137 e. The van der Waals surface area contributed by atoms with Gasteiger partial charge in [0, 0.05) is 12.1 Å². The molecule has 2 N–H and O–H groups in total. The van der Waals surface area contributed by atoms with Gasteiger partial charge >= 0.3 is 0 Å². The van der Waals surface area contributed by atoms with Crippen molar-refractivity contribution in [2.24, 2.45) is 0 Å². The first-order chi connectivity index (χ1) is 7.44. The molecule has 0 aromatic carbocycles. The van der Waals surface area contributed by atoms with E-state index in [0.717, 1.165) is 18.4 Å². The predicted molar refractivity (Wildman–Crippen MR) is 65.8 cm³/mol. The number of nitrogens with zero attached hydrogens (tertiary/aromatic N) is 2. The third-order valence-corrected chi connectivity index (χ3v) is 2.41. The number of aliphatic hydroxyl groups is 1. The number of hydrogen-bond donors (Lipinski definition) is 2. The van der Waals surface area contributed by atoms with Gasteiger partial charge in [0.05, 0.1) is 5.60 Å². The predicted octanol–water partition coefficient (Wildman–Crippen LogP) is 2.27. The van der Waals surface area contributed by atoms with Crippen LogP contribution in [0.2, 0.25) is 5.15 Å². The van der Waals surface area contributed by atoms with Crippen LogP contribution in [0.15, 0.2) is 6.33 Å². The highest BCUT2D eigenvalue weighted by Gasteiger charge is 2.14. The normalized spacial score (nSPS) is 11.6. The number of anilines is 1. The summed E-state index contributed by atoms with van der Waals surface area (Å²) in [6.07, 6.45) is 3.23. The second-order valence-corrected chi connectivity index (χ2v) is 4.77. The summed E-state index contributed by atoms with van der Waals surface area (Å²) in [5, 5.41) is 13.2. The molecule has 0 aliphatic carbocycles. The van der Waals surface area contributed by atoms with Crippen LogP contribution in [0.5, 0.6) is 0 Å². The van der Waals surface area contributed by atoms with E-state index in [1.165, 1.54) is 6.33 Å². The minimum atomic E-state index is -0.777. The lowest BCUT2D eigenvalue weighted by atomic mass is 10.1. The molecule has 0 saturated carbocycles. The Morgan fingerprint density at radius 2 is 2.12 bits per heavy atom. The van der Waals surface area contributed by atoms with E-state index in [1.807, 2.05) is 0 Å². The van der Waals surface area contributed by atoms with Crippen molar-refractivity contribution < 1.29 is 5.11 Å². The fourth-order valence-corrected chi connectivity index (χ4v) is 1.54. The molecule has 0 aliphatic rings. The molecular weight excluding hydrogens is 226 g/mol. The maximum absolute atomic E-state index is 9.63. The third-order valence-electron chi connectivity index (χ3n) is 2.08. The van der Waals surface area contributed by atoms with Gasteiger partial charge in [0.2, 0.25) is 0 Å². The first-order valence-corrected chi connectivity index (χ1v) is 5.77. The number of halogens is 1. The molecule has 0 radical (unpaired) electrons. The molecule has 1 heterocycles. The van der Waals surface area contributed by atoms with Gasteiger partial charge < -0.3 is 10.4 Å². The van der Waals surface area contributed by atoms with Crippen LogP contribution in [0.4, 0.5) is 5.82 Å². The number of aromatic nitrogens is 2. The van der Waals surface area contributed by atoms with Gasteiger partial charge in [-0.05, 0) is 20.3 Å². The average molecular weight is 244 g/mol. The highest BCUT2D eigenvalue weighted by Crippen LogP contribution is 2.21. The summed E-state index contributed by atoms with van der Waals surface area (Å²) in [6.45, 7) is 5.98. The Kier molecular flexibility index (Phi) is 4.50. The minimum Gasteiger partial charge on any atom is -0.389 e. The van der Waals surface area contributed by atoms with Crippen molar-refractivity contribution in [1.29, 1.82) is 0 Å². The smallest absolute Gasteiger partial charge is 0.137 e. The molecule has 5 heteroatoms. The molecule has 0 bridgehead atoms. The molecule has 16 heavy (non-hydrogen) atoms. The van der Waals surface area contributed by atoms with Gasteiger partial charge in [0.1, 0.15) is 17.3 Å². The average Bonchev–Trinajstić information content (AvgIpc) is 2.18. The monoisotopic (exact) mass is 243 g/mol. The molecule has 0 saturated heterocycles. The van der Waals surface area contributed by atoms with Gasteiger partial charge in [-0.2, -0.15) is 0 Å². The number of rotatable bonds is 5. The molecule has 1 aromatic heterocycles. The van der Waals surface area contributed by atoms with E-state index >= 15 is 0 Å². The van der Waals surface area contributed by atoms with E-state index in [4.69, 9.17) is 11.6 Å². The summed E-state index contributed by atoms with van der Waals surface area (Å²) in [7, 11) is 0. The van der Waals surface area contributed by atoms with Crippen LogP contribution in [-0.4, -0.2) is 27.2 Å². The SMILES string of the molecule is CCCc1c(Cl)ncnc1NCC(C)(C)O. The second-order valence-electron chi connectivity index (χ2n) is 4.41. The van der Waals surface area contributed by atoms with E-state index in [-0.39, 0.29) is 0 Å². The Morgan fingerprint density at radius 3 is 2.69 bits per heavy atom. The van der Waals surface area contributed by atoms with Gasteiger partial charge in [-0.15, -0.1) is 0 Å². The molecule has 4 nitrogen and oxygen atoms in total. The van der Waals surface area contributed by atoms with Gasteiger partial charge in [-0.3, -0.25) is 0 Å². The summed E-state index contributed by atoms with van der Waals surface area (Å²) in [5.74, 6) is 0.712. The van der Waals surface area contributed by atoms with Crippen LogP contribution in [0.3, 0.4) is 0 Å². The van der Waals surface area contributed by atoms with Crippen molar-refractivity contribution in [1.82, 2.24) is 9.97 Å². The molecule has 90 valence electrons. The summed E-state index contributed by atoms with van der Waals surface area (Å²) in [5.41, 5.74) is 0.136. The van der Waals surface area contributed by atoms with E-state index < -0.39 is 5.60 Å². The van der Waals surface area contributed by atoms with Crippen molar-refractivity contribution in [3.8, 4) is 0 Å². The fourth-order valence-electron chi connectivity index (χ4n) is 1.31. The molecule has 0 atom stereocenters. The van der Waals surface area contributed by atoms with E-state index in [0.29, 0.717) is 17.5 Å². The zero-order chi connectivity index (χ0) is 12.2. The number of nitrogens with one attached hydrogen (secondary N) is 1. The van der Waals surface area contributed by atoms with E-state index in [1.54, 1.807) is 13.8 Å². The quantitative estimate of drug-likeness (QED) is 0.779. The van der Waals surface area contributed by atoms with Crippen LogP contribution >= 0.6 is 11.6 Å². The van der Waals surface area contributed by atoms with Gasteiger partial charge in [0.15, 0.2) is 0 Å². The maximum atomic E-state index is 9.63. The summed E-state index contributed by atoms with van der Waals surface area (Å²) >= 11 is 6.00. The van der Waals surface area contributed by atoms with Crippen molar-refractivity contribution in [2.45, 2.75) is 39.2 Å². The van der Waals surface area contributed by atoms with Gasteiger partial charge in [0.25, 0.3) is 0 Å². The van der Waals surface area contributed by atoms with Crippen LogP contribution in [0.1, 0.15) is 32.8 Å². The molecule has 0 fully saturated rings. The zero-order valence-corrected chi connectivity index (χ0v) is 10.7. The standard InChI is InChI=1S/C11H18ClN3O/c1-4-5-8-9(12)14-7-15-10(8)13-6-11(2,3)16/h7,16H,4-6H2,1-3H3,(H,13,14,15). The first kappa shape index (κ1) is 13.2. The molecule has 0 amide bonds. The van der Waals surface area contributed by atoms with Crippen molar-refractivity contribution in [3.05, 3.63) is 17.0 Å². The Hall–Kier alpha value is -0.870. The minimum absolute atomic E-state index is 0.428. The van der Waals surface area contributed by atoms with Crippen molar-refractivity contribution in [3.63, 3.8) is 0 Å². The van der Waals surface area contributed by atoms with Crippen LogP contribution in [0, 0.1) is 0 Å². The molecule has 1 rings (SSSR count). The van der Waals surface area contributed by atoms with Crippen LogP contribution in [-0.2, 0) is 6.42 Å². The molecule has 0 unspecified atom stereocenters. The topological polar surface area (TPSA) is 58.0 Å². The highest BCUT2D eigenvalue weighted by molar-refractivity contribution is 6.30. The third kappa shape index (κ3) is 3.94. The molecule has 0 aliphatic heterocycles. The lowest BCUT2D eigenvalue weighted by Gasteiger charge is -2.19. The van der Waals surface area contributed by atoms with Gasteiger partial charge in [-0.1, -0.05) is 24.9 Å². The molecular formula is C11H18ClN3O. The Morgan fingerprint density at radius 1 is 1.44 bits per heavy atom. The van der Waals surface area contributed by atoms with Crippen molar-refractivity contribution in [2.75, 3.05) is 11.9 Å². The summed E-state index contributed by atoms with van der Waals surface area (Å²) < 4.78 is 0. The lowest BCUT2D eigenvalue weighted by molar-refractivity contribution is 0.0944. The summed E-state index contributed by atoms with van der Waals surface area (Å²) in [4.78, 5) is 8.10. The van der Waals surface area contributed by atoms with Crippen molar-refractivity contribution >= 4 is 17.4 Å². The second kappa shape index (κ2) is 5.46. The Labute approximate surface area is 101 Å². The Balaban J connectivity index is 2.82. The molecule has 0 spiro atoms. The molecule has 1 aromatic rings. The van der Waals surface area contributed by atoms with Crippen LogP contribution in [0.25, 0.3) is 0 Å². The van der Waals surface area contributed by atoms with E-state index in [9.17, 15) is 5.11 Å². The summed E-state index contributed by atoms with van der Waals surface area (Å²) in [6, 6.07) is 0. The fraction of sp³-hybridized carbons (Fsp3) is 0.636.